The van der Waals surface area contributed by atoms with Crippen molar-refractivity contribution in [1.82, 2.24) is 18.9 Å². The lowest BCUT2D eigenvalue weighted by Crippen LogP contribution is -2.19. The van der Waals surface area contributed by atoms with Crippen LogP contribution >= 0.6 is 0 Å². The molecule has 7 nitrogen and oxygen atoms in total. The van der Waals surface area contributed by atoms with Gasteiger partial charge in [-0.15, -0.1) is 0 Å². The van der Waals surface area contributed by atoms with Crippen LogP contribution in [0, 0.1) is 13.8 Å². The number of aromatic nitrogens is 4. The van der Waals surface area contributed by atoms with Crippen LogP contribution in [-0.4, -0.2) is 24.8 Å². The number of rotatable bonds is 4. The summed E-state index contributed by atoms with van der Waals surface area (Å²) in [4.78, 5) is 24.7. The van der Waals surface area contributed by atoms with E-state index in [0.717, 1.165) is 28.0 Å². The van der Waals surface area contributed by atoms with Crippen molar-refractivity contribution >= 4 is 22.6 Å². The third kappa shape index (κ3) is 3.47. The number of hydrogen-bond donors (Lipinski definition) is 1. The van der Waals surface area contributed by atoms with Gasteiger partial charge in [-0.3, -0.25) is 18.6 Å². The van der Waals surface area contributed by atoms with Gasteiger partial charge in [0.15, 0.2) is 0 Å². The first-order valence-corrected chi connectivity index (χ1v) is 9.40. The molecule has 7 heteroatoms. The predicted octanol–water partition coefficient (Wildman–Crippen LogP) is 2.99. The lowest BCUT2D eigenvalue weighted by Gasteiger charge is -2.08. The van der Waals surface area contributed by atoms with E-state index in [9.17, 15) is 9.59 Å². The molecule has 2 heterocycles. The molecule has 1 N–H and O–H groups in total. The van der Waals surface area contributed by atoms with Crippen molar-refractivity contribution < 1.29 is 4.79 Å². The number of carbonyl (C=O) groups excluding carboxylic acids is 1. The van der Waals surface area contributed by atoms with Crippen LogP contribution < -0.4 is 11.0 Å². The van der Waals surface area contributed by atoms with Gasteiger partial charge in [-0.2, -0.15) is 5.10 Å². The summed E-state index contributed by atoms with van der Waals surface area (Å²) in [6, 6.07) is 15.0. The summed E-state index contributed by atoms with van der Waals surface area (Å²) in [5.41, 5.74) is 5.90. The van der Waals surface area contributed by atoms with Crippen LogP contribution in [0.1, 0.15) is 27.3 Å². The first-order chi connectivity index (χ1) is 13.8. The molecule has 0 atom stereocenters. The molecular weight excluding hydrogens is 366 g/mol. The summed E-state index contributed by atoms with van der Waals surface area (Å²) in [6.45, 7) is 4.67. The van der Waals surface area contributed by atoms with Gasteiger partial charge in [0.25, 0.3) is 5.91 Å². The summed E-state index contributed by atoms with van der Waals surface area (Å²) in [5, 5.41) is 7.38. The van der Waals surface area contributed by atoms with Gasteiger partial charge in [0.1, 0.15) is 0 Å². The molecule has 29 heavy (non-hydrogen) atoms. The lowest BCUT2D eigenvalue weighted by molar-refractivity contribution is 0.102. The highest BCUT2D eigenvalue weighted by molar-refractivity contribution is 6.05. The Labute approximate surface area is 168 Å². The van der Waals surface area contributed by atoms with Crippen LogP contribution in [0.25, 0.3) is 11.0 Å². The minimum absolute atomic E-state index is 0.0957. The molecule has 2 aromatic heterocycles. The molecule has 0 unspecified atom stereocenters. The average molecular weight is 389 g/mol. The van der Waals surface area contributed by atoms with Crippen LogP contribution in [0.2, 0.25) is 0 Å². The van der Waals surface area contributed by atoms with E-state index >= 15 is 0 Å². The Morgan fingerprint density at radius 1 is 0.966 bits per heavy atom. The Hall–Kier alpha value is -3.61. The second-order valence-electron chi connectivity index (χ2n) is 7.34. The smallest absolute Gasteiger partial charge is 0.322 e. The number of nitrogens with one attached hydrogen (secondary N) is 1. The Morgan fingerprint density at radius 3 is 2.31 bits per heavy atom. The third-order valence-electron chi connectivity index (χ3n) is 5.18. The van der Waals surface area contributed by atoms with Crippen LogP contribution in [0.3, 0.4) is 0 Å². The van der Waals surface area contributed by atoms with Gasteiger partial charge in [-0.1, -0.05) is 12.1 Å². The van der Waals surface area contributed by atoms with Crippen molar-refractivity contribution in [2.75, 3.05) is 5.32 Å². The van der Waals surface area contributed by atoms with Crippen molar-refractivity contribution in [3.8, 4) is 0 Å². The number of fused-ring (bicyclic) bond motifs is 1. The molecular formula is C22H23N5O2. The fourth-order valence-electron chi connectivity index (χ4n) is 3.56. The SMILES string of the molecule is Cc1cc(C)n(Cc2ccc(C(=O)Nc3ccc4c(c3)n(C)c(=O)n4C)cc2)n1. The Bertz CT molecular complexity index is 1280. The van der Waals surface area contributed by atoms with E-state index in [-0.39, 0.29) is 11.6 Å². The van der Waals surface area contributed by atoms with Gasteiger partial charge in [0, 0.05) is 31.0 Å². The first-order valence-electron chi connectivity index (χ1n) is 9.40. The van der Waals surface area contributed by atoms with E-state index in [2.05, 4.69) is 10.4 Å². The highest BCUT2D eigenvalue weighted by Crippen LogP contribution is 2.18. The highest BCUT2D eigenvalue weighted by atomic mass is 16.2. The van der Waals surface area contributed by atoms with Crippen molar-refractivity contribution in [2.45, 2.75) is 20.4 Å². The van der Waals surface area contributed by atoms with Crippen molar-refractivity contribution in [3.05, 3.63) is 81.5 Å². The molecule has 4 aromatic rings. The second kappa shape index (κ2) is 7.09. The van der Waals surface area contributed by atoms with E-state index < -0.39 is 0 Å². The monoisotopic (exact) mass is 389 g/mol. The fourth-order valence-corrected chi connectivity index (χ4v) is 3.56. The maximum atomic E-state index is 12.6. The average Bonchev–Trinajstić information content (AvgIpc) is 3.13. The minimum atomic E-state index is -0.192. The van der Waals surface area contributed by atoms with Gasteiger partial charge in [0.2, 0.25) is 0 Å². The summed E-state index contributed by atoms with van der Waals surface area (Å²) < 4.78 is 5.10. The standard InChI is InChI=1S/C22H23N5O2/c1-14-11-15(2)27(24-14)13-16-5-7-17(8-6-16)21(28)23-18-9-10-19-20(12-18)26(4)22(29)25(19)3/h5-12H,13H2,1-4H3,(H,23,28). The molecule has 0 spiro atoms. The van der Waals surface area contributed by atoms with E-state index in [1.54, 1.807) is 29.3 Å². The molecule has 0 radical (unpaired) electrons. The zero-order valence-corrected chi connectivity index (χ0v) is 16.9. The van der Waals surface area contributed by atoms with Crippen LogP contribution in [0.15, 0.2) is 53.3 Å². The number of benzene rings is 2. The number of imidazole rings is 1. The molecule has 1 amide bonds. The number of amides is 1. The zero-order valence-electron chi connectivity index (χ0n) is 16.9. The lowest BCUT2D eigenvalue weighted by atomic mass is 10.1. The Kier molecular flexibility index (Phi) is 4.58. The Morgan fingerprint density at radius 2 is 1.66 bits per heavy atom. The maximum absolute atomic E-state index is 12.6. The van der Waals surface area contributed by atoms with Crippen molar-refractivity contribution in [1.29, 1.82) is 0 Å². The van der Waals surface area contributed by atoms with E-state index in [4.69, 9.17) is 0 Å². The molecule has 0 saturated heterocycles. The summed E-state index contributed by atoms with van der Waals surface area (Å²) in [5.74, 6) is -0.192. The fraction of sp³-hybridized carbons (Fsp3) is 0.227. The van der Waals surface area contributed by atoms with Crippen LogP contribution in [-0.2, 0) is 20.6 Å². The number of hydrogen-bond acceptors (Lipinski definition) is 3. The Balaban J connectivity index is 1.51. The quantitative estimate of drug-likeness (QED) is 0.583. The van der Waals surface area contributed by atoms with Gasteiger partial charge in [-0.05, 0) is 55.8 Å². The largest absolute Gasteiger partial charge is 0.328 e. The van der Waals surface area contributed by atoms with E-state index in [0.29, 0.717) is 17.8 Å². The maximum Gasteiger partial charge on any atom is 0.328 e. The van der Waals surface area contributed by atoms with Gasteiger partial charge in [0.05, 0.1) is 23.3 Å². The van der Waals surface area contributed by atoms with Gasteiger partial charge in [-0.25, -0.2) is 4.79 Å². The number of carbonyl (C=O) groups is 1. The van der Waals surface area contributed by atoms with Crippen molar-refractivity contribution in [3.63, 3.8) is 0 Å². The number of aryl methyl sites for hydroxylation is 4. The highest BCUT2D eigenvalue weighted by Gasteiger charge is 2.11. The van der Waals surface area contributed by atoms with E-state index in [1.165, 1.54) is 0 Å². The van der Waals surface area contributed by atoms with Crippen molar-refractivity contribution in [2.24, 2.45) is 14.1 Å². The van der Waals surface area contributed by atoms with Crippen LogP contribution in [0.4, 0.5) is 5.69 Å². The summed E-state index contributed by atoms with van der Waals surface area (Å²) in [6.07, 6.45) is 0. The van der Waals surface area contributed by atoms with Gasteiger partial charge < -0.3 is 5.32 Å². The molecule has 0 aliphatic carbocycles. The topological polar surface area (TPSA) is 73.8 Å². The van der Waals surface area contributed by atoms with Gasteiger partial charge >= 0.3 is 5.69 Å². The zero-order chi connectivity index (χ0) is 20.7. The number of anilines is 1. The molecule has 0 aliphatic heterocycles. The summed E-state index contributed by atoms with van der Waals surface area (Å²) >= 11 is 0. The molecule has 0 bridgehead atoms. The van der Waals surface area contributed by atoms with E-state index in [1.807, 2.05) is 61.0 Å². The number of nitrogens with zero attached hydrogens (tertiary/aromatic N) is 4. The minimum Gasteiger partial charge on any atom is -0.322 e. The van der Waals surface area contributed by atoms with Crippen LogP contribution in [0.5, 0.6) is 0 Å². The molecule has 0 aliphatic rings. The first kappa shape index (κ1) is 18.7. The summed E-state index contributed by atoms with van der Waals surface area (Å²) in [7, 11) is 3.45. The molecule has 4 rings (SSSR count). The molecule has 148 valence electrons. The predicted molar refractivity (Wildman–Crippen MR) is 113 cm³/mol. The third-order valence-corrected chi connectivity index (χ3v) is 5.18. The molecule has 0 fully saturated rings. The molecule has 2 aromatic carbocycles. The normalized spacial score (nSPS) is 11.2. The molecule has 0 saturated carbocycles. The second-order valence-corrected chi connectivity index (χ2v) is 7.34.